The van der Waals surface area contributed by atoms with Crippen LogP contribution in [0.25, 0.3) is 0 Å². The largest absolute Gasteiger partial charge is 1.00 e. The molecule has 0 aromatic carbocycles. The van der Waals surface area contributed by atoms with E-state index in [0.717, 1.165) is 0 Å². The summed E-state index contributed by atoms with van der Waals surface area (Å²) in [5.74, 6) is -0.968. The molecule has 0 radical (unpaired) electrons. The fourth-order valence-electron chi connectivity index (χ4n) is 0. The van der Waals surface area contributed by atoms with E-state index in [1.165, 1.54) is 0 Å². The molecule has 0 heterocycles. The van der Waals surface area contributed by atoms with Crippen LogP contribution < -0.4 is 64.8 Å². The molecule has 46 valence electrons. The first-order chi connectivity index (χ1) is 2.27. The maximum atomic E-state index is 9.24. The summed E-state index contributed by atoms with van der Waals surface area (Å²) < 4.78 is 0. The van der Waals surface area contributed by atoms with Crippen molar-refractivity contribution in [2.45, 2.75) is 0 Å². The van der Waals surface area contributed by atoms with E-state index in [1.54, 1.807) is 0 Å². The van der Waals surface area contributed by atoms with Crippen molar-refractivity contribution in [1.82, 2.24) is 0 Å². The van der Waals surface area contributed by atoms with Gasteiger partial charge in [0, 0.05) is 0 Å². The van der Waals surface area contributed by atoms with Gasteiger partial charge >= 0.3 is 65.1 Å². The van der Waals surface area contributed by atoms with Gasteiger partial charge in [0.25, 0.3) is 0 Å². The monoisotopic (exact) mass is 155 g/mol. The predicted octanol–water partition coefficient (Wildman–Crippen LogP) is -7.32. The first-order valence-corrected chi connectivity index (χ1v) is 1.19. The van der Waals surface area contributed by atoms with E-state index < -0.39 is 5.97 Å². The maximum absolute atomic E-state index is 9.24. The number of hydrogen-bond donors (Lipinski definition) is 2. The van der Waals surface area contributed by atoms with Gasteiger partial charge in [0.1, 0.15) is 0 Å². The molecule has 0 aliphatic heterocycles. The van der Waals surface area contributed by atoms with Gasteiger partial charge in [-0.2, -0.15) is 0 Å². The van der Waals surface area contributed by atoms with Crippen LogP contribution in [0.2, 0.25) is 0 Å². The molecule has 0 saturated heterocycles. The molecule has 0 saturated carbocycles. The van der Waals surface area contributed by atoms with Crippen LogP contribution in [0.5, 0.6) is 0 Å². The van der Waals surface area contributed by atoms with Gasteiger partial charge < -0.3 is 21.8 Å². The summed E-state index contributed by atoms with van der Waals surface area (Å²) in [7, 11) is 0. The van der Waals surface area contributed by atoms with Crippen molar-refractivity contribution in [3.05, 3.63) is 0 Å². The Bertz CT molecular complexity index is 51.8. The van der Waals surface area contributed by atoms with Crippen LogP contribution in [-0.4, -0.2) is 28.6 Å². The Labute approximate surface area is 97.2 Å². The fourth-order valence-corrected chi connectivity index (χ4v) is 0. The molecule has 0 aromatic rings. The molecule has 0 unspecified atom stereocenters. The predicted molar refractivity (Wildman–Crippen MR) is 20.6 cm³/mol. The number of carbonyl (C=O) groups is 1. The topological polar surface area (TPSA) is 123 Å². The smallest absolute Gasteiger partial charge is 0.870 e. The zero-order chi connectivity index (χ0) is 4.28. The van der Waals surface area contributed by atoms with Crippen molar-refractivity contribution >= 4 is 5.97 Å². The van der Waals surface area contributed by atoms with Gasteiger partial charge in [0.05, 0.1) is 6.54 Å². The molecule has 0 aliphatic rings. The summed E-state index contributed by atoms with van der Waals surface area (Å²) in [6, 6.07) is 0. The number of aliphatic carboxylic acids is 1. The Balaban J connectivity index is -0.0000000133. The summed E-state index contributed by atoms with van der Waals surface area (Å²) in [5.41, 5.74) is 4.57. The number of carboxylic acids is 1. The van der Waals surface area contributed by atoms with Crippen molar-refractivity contribution in [2.75, 3.05) is 6.54 Å². The zero-order valence-electron chi connectivity index (χ0n) is 5.53. The zero-order valence-corrected chi connectivity index (χ0v) is 9.53. The van der Waals surface area contributed by atoms with Gasteiger partial charge in [-0.25, -0.2) is 0 Å². The summed E-state index contributed by atoms with van der Waals surface area (Å²) in [6.45, 7) is -0.278. The molecule has 5 nitrogen and oxygen atoms in total. The second kappa shape index (κ2) is 22.8. The second-order valence-corrected chi connectivity index (χ2v) is 0.598. The summed E-state index contributed by atoms with van der Waals surface area (Å²) in [4.78, 5) is 9.24. The van der Waals surface area contributed by atoms with E-state index in [1.807, 2.05) is 0 Å². The van der Waals surface area contributed by atoms with Crippen LogP contribution in [0, 0.1) is 0 Å². The second-order valence-electron chi connectivity index (χ2n) is 0.598. The molecule has 0 atom stereocenters. The van der Waals surface area contributed by atoms with Crippen LogP contribution in [0.1, 0.15) is 0 Å². The third kappa shape index (κ3) is 45.0. The fraction of sp³-hybridized carbons (Fsp3) is 0.500. The normalized spacial score (nSPS) is 4.11. The average molecular weight is 155 g/mol. The Hall–Kier alpha value is 1.35. The Kier molecular flexibility index (Phi) is 80.0. The van der Waals surface area contributed by atoms with Crippen LogP contribution in [0.15, 0.2) is 0 Å². The van der Waals surface area contributed by atoms with Gasteiger partial charge in [0.2, 0.25) is 0 Å². The van der Waals surface area contributed by atoms with Crippen LogP contribution in [0.4, 0.5) is 0 Å². The van der Waals surface area contributed by atoms with E-state index in [0.29, 0.717) is 0 Å². The van der Waals surface area contributed by atoms with Crippen molar-refractivity contribution in [1.29, 1.82) is 0 Å². The number of nitrogens with two attached hydrogens (primary N) is 1. The summed E-state index contributed by atoms with van der Waals surface area (Å²) >= 11 is 0. The van der Waals surface area contributed by atoms with Gasteiger partial charge in [-0.1, -0.05) is 0 Å². The van der Waals surface area contributed by atoms with Crippen LogP contribution >= 0.6 is 0 Å². The summed E-state index contributed by atoms with van der Waals surface area (Å²) in [5, 5.41) is 7.60. The molecule has 0 amide bonds. The third-order valence-electron chi connectivity index (χ3n) is 0.175. The Morgan fingerprint density at radius 3 is 1.44 bits per heavy atom. The average Bonchev–Trinajstić information content (AvgIpc) is 1.38. The minimum absolute atomic E-state index is 0. The van der Waals surface area contributed by atoms with Crippen molar-refractivity contribution < 1.29 is 80.0 Å². The van der Waals surface area contributed by atoms with Gasteiger partial charge in [0.15, 0.2) is 0 Å². The molecule has 0 rings (SSSR count). The number of hydrogen-bond acceptors (Lipinski definition) is 4. The van der Waals surface area contributed by atoms with E-state index in [2.05, 4.69) is 5.73 Å². The van der Waals surface area contributed by atoms with E-state index in [9.17, 15) is 4.79 Å². The molecule has 7 heteroatoms. The molecule has 0 fully saturated rings. The van der Waals surface area contributed by atoms with E-state index in [4.69, 9.17) is 5.11 Å². The third-order valence-corrected chi connectivity index (χ3v) is 0.175. The SMILES string of the molecule is NCC(=O)O.[Na+].[Na+].[OH-].[OH-]. The number of carboxylic acid groups (broad SMARTS) is 1. The molecule has 0 aromatic heterocycles. The minimum Gasteiger partial charge on any atom is -0.870 e. The van der Waals surface area contributed by atoms with Gasteiger partial charge in [-0.3, -0.25) is 4.79 Å². The summed E-state index contributed by atoms with van der Waals surface area (Å²) in [6.07, 6.45) is 0. The van der Waals surface area contributed by atoms with Crippen molar-refractivity contribution in [3.63, 3.8) is 0 Å². The first-order valence-electron chi connectivity index (χ1n) is 1.19. The molecule has 0 aliphatic carbocycles. The van der Waals surface area contributed by atoms with E-state index in [-0.39, 0.29) is 76.6 Å². The maximum Gasteiger partial charge on any atom is 1.00 e. The van der Waals surface area contributed by atoms with Crippen LogP contribution in [-0.2, 0) is 4.79 Å². The van der Waals surface area contributed by atoms with E-state index >= 15 is 0 Å². The number of rotatable bonds is 1. The minimum atomic E-state index is -0.968. The van der Waals surface area contributed by atoms with Crippen molar-refractivity contribution in [3.8, 4) is 0 Å². The molecular formula is C2H7NNa2O4. The standard InChI is InChI=1S/C2H5NO2.2Na.2H2O/c3-1-2(4)5;;;;/h1,3H2,(H,4,5);;;2*1H2/q;2*+1;;/p-2. The molecule has 0 spiro atoms. The quantitative estimate of drug-likeness (QED) is 0.364. The van der Waals surface area contributed by atoms with Gasteiger partial charge in [-0.05, 0) is 0 Å². The van der Waals surface area contributed by atoms with Gasteiger partial charge in [-0.15, -0.1) is 0 Å². The Morgan fingerprint density at radius 2 is 1.44 bits per heavy atom. The van der Waals surface area contributed by atoms with Crippen molar-refractivity contribution in [2.24, 2.45) is 5.73 Å². The molecule has 5 N–H and O–H groups in total. The molecule has 0 bridgehead atoms. The Morgan fingerprint density at radius 1 is 1.33 bits per heavy atom. The first kappa shape index (κ1) is 31.6. The molecular weight excluding hydrogens is 148 g/mol. The van der Waals surface area contributed by atoms with Crippen LogP contribution in [0.3, 0.4) is 0 Å². The molecule has 9 heavy (non-hydrogen) atoms.